The lowest BCUT2D eigenvalue weighted by Crippen LogP contribution is -2.55. The molecular formula is C16H21FN2O2. The number of halogens is 1. The van der Waals surface area contributed by atoms with E-state index in [1.54, 1.807) is 19.1 Å². The van der Waals surface area contributed by atoms with E-state index in [1.165, 1.54) is 6.07 Å². The average Bonchev–Trinajstić information content (AvgIpc) is 2.86. The second kappa shape index (κ2) is 5.64. The molecule has 2 fully saturated rings. The first-order chi connectivity index (χ1) is 10.1. The zero-order valence-corrected chi connectivity index (χ0v) is 12.2. The number of likely N-dealkylation sites (tertiary alicyclic amines) is 1. The average molecular weight is 292 g/mol. The largest absolute Gasteiger partial charge is 0.393 e. The lowest BCUT2D eigenvalue weighted by molar-refractivity contribution is -0.143. The van der Waals surface area contributed by atoms with Gasteiger partial charge in [-0.25, -0.2) is 4.39 Å². The predicted molar refractivity (Wildman–Crippen MR) is 78.5 cm³/mol. The van der Waals surface area contributed by atoms with Crippen LogP contribution in [0, 0.1) is 17.7 Å². The Morgan fingerprint density at radius 1 is 1.33 bits per heavy atom. The highest BCUT2D eigenvalue weighted by molar-refractivity contribution is 5.81. The number of aliphatic hydroxyl groups is 1. The Hall–Kier alpha value is -1.62. The molecule has 0 radical (unpaired) electrons. The Kier molecular flexibility index (Phi) is 3.85. The molecule has 2 heterocycles. The van der Waals surface area contributed by atoms with Crippen molar-refractivity contribution < 1.29 is 14.3 Å². The van der Waals surface area contributed by atoms with Crippen molar-refractivity contribution in [1.29, 1.82) is 0 Å². The summed E-state index contributed by atoms with van der Waals surface area (Å²) in [6, 6.07) is 6.70. The topological polar surface area (TPSA) is 43.8 Å². The second-order valence-corrected chi connectivity index (χ2v) is 6.13. The van der Waals surface area contributed by atoms with Crippen LogP contribution in [0.1, 0.15) is 13.3 Å². The number of carbonyl (C=O) groups is 1. The third-order valence-corrected chi connectivity index (χ3v) is 4.63. The van der Waals surface area contributed by atoms with Gasteiger partial charge in [0.15, 0.2) is 0 Å². The molecule has 0 aliphatic carbocycles. The molecule has 0 spiro atoms. The number of aliphatic hydroxyl groups excluding tert-OH is 1. The van der Waals surface area contributed by atoms with E-state index in [9.17, 15) is 14.3 Å². The van der Waals surface area contributed by atoms with Crippen molar-refractivity contribution in [3.05, 3.63) is 30.1 Å². The fraction of sp³-hybridized carbons (Fsp3) is 0.562. The molecule has 1 aromatic carbocycles. The highest BCUT2D eigenvalue weighted by atomic mass is 19.1. The van der Waals surface area contributed by atoms with Crippen LogP contribution in [0.3, 0.4) is 0 Å². The van der Waals surface area contributed by atoms with Crippen molar-refractivity contribution in [2.24, 2.45) is 11.8 Å². The van der Waals surface area contributed by atoms with Gasteiger partial charge in [0.05, 0.1) is 17.7 Å². The zero-order chi connectivity index (χ0) is 15.0. The Balaban J connectivity index is 1.58. The molecule has 0 bridgehead atoms. The summed E-state index contributed by atoms with van der Waals surface area (Å²) in [5.41, 5.74) is 0.582. The van der Waals surface area contributed by atoms with E-state index in [4.69, 9.17) is 0 Å². The molecule has 0 saturated carbocycles. The predicted octanol–water partition coefficient (Wildman–Crippen LogP) is 1.49. The number of amides is 1. The number of para-hydroxylation sites is 1. The Labute approximate surface area is 124 Å². The molecule has 0 aromatic heterocycles. The number of anilines is 1. The fourth-order valence-electron chi connectivity index (χ4n) is 3.14. The van der Waals surface area contributed by atoms with Crippen LogP contribution in [-0.2, 0) is 4.79 Å². The molecule has 21 heavy (non-hydrogen) atoms. The summed E-state index contributed by atoms with van der Waals surface area (Å²) < 4.78 is 13.8. The molecule has 114 valence electrons. The standard InChI is InChI=1S/C16H21FN2O2/c1-11(20)13-9-19(10-13)16(21)12-6-7-18(8-12)15-5-3-2-4-14(15)17/h2-5,11-13,20H,6-10H2,1H3/t11-,12?/m0/s1. The maximum Gasteiger partial charge on any atom is 0.227 e. The van der Waals surface area contributed by atoms with Crippen LogP contribution in [0.4, 0.5) is 10.1 Å². The van der Waals surface area contributed by atoms with Crippen molar-refractivity contribution >= 4 is 11.6 Å². The number of hydrogen-bond donors (Lipinski definition) is 1. The third kappa shape index (κ3) is 2.75. The van der Waals surface area contributed by atoms with Crippen LogP contribution in [0.5, 0.6) is 0 Å². The van der Waals surface area contributed by atoms with Gasteiger partial charge in [-0.3, -0.25) is 4.79 Å². The van der Waals surface area contributed by atoms with E-state index in [0.717, 1.165) is 6.42 Å². The number of benzene rings is 1. The van der Waals surface area contributed by atoms with E-state index in [2.05, 4.69) is 0 Å². The highest BCUT2D eigenvalue weighted by Gasteiger charge is 2.39. The van der Waals surface area contributed by atoms with Gasteiger partial charge in [-0.2, -0.15) is 0 Å². The van der Waals surface area contributed by atoms with Gasteiger partial charge in [0.2, 0.25) is 5.91 Å². The fourth-order valence-corrected chi connectivity index (χ4v) is 3.14. The van der Waals surface area contributed by atoms with Crippen molar-refractivity contribution in [3.8, 4) is 0 Å². The monoisotopic (exact) mass is 292 g/mol. The van der Waals surface area contributed by atoms with Crippen LogP contribution < -0.4 is 4.90 Å². The van der Waals surface area contributed by atoms with Crippen LogP contribution in [0.25, 0.3) is 0 Å². The van der Waals surface area contributed by atoms with Gasteiger partial charge in [0.25, 0.3) is 0 Å². The molecule has 1 amide bonds. The van der Waals surface area contributed by atoms with E-state index >= 15 is 0 Å². The van der Waals surface area contributed by atoms with E-state index in [-0.39, 0.29) is 29.7 Å². The molecule has 4 nitrogen and oxygen atoms in total. The van der Waals surface area contributed by atoms with Gasteiger partial charge in [-0.05, 0) is 25.5 Å². The second-order valence-electron chi connectivity index (χ2n) is 6.13. The molecule has 1 unspecified atom stereocenters. The normalized spacial score (nSPS) is 24.0. The lowest BCUT2D eigenvalue weighted by atomic mass is 9.92. The molecule has 2 saturated heterocycles. The van der Waals surface area contributed by atoms with E-state index in [1.807, 2.05) is 15.9 Å². The maximum atomic E-state index is 13.8. The molecule has 1 aromatic rings. The molecule has 5 heteroatoms. The molecule has 1 N–H and O–H groups in total. The minimum Gasteiger partial charge on any atom is -0.393 e. The van der Waals surface area contributed by atoms with E-state index in [0.29, 0.717) is 31.9 Å². The van der Waals surface area contributed by atoms with Crippen molar-refractivity contribution in [3.63, 3.8) is 0 Å². The quantitative estimate of drug-likeness (QED) is 0.918. The molecule has 3 rings (SSSR count). The smallest absolute Gasteiger partial charge is 0.227 e. The summed E-state index contributed by atoms with van der Waals surface area (Å²) in [5, 5.41) is 9.47. The minimum atomic E-state index is -0.354. The molecule has 2 atom stereocenters. The Morgan fingerprint density at radius 2 is 2.05 bits per heavy atom. The van der Waals surface area contributed by atoms with Crippen LogP contribution >= 0.6 is 0 Å². The van der Waals surface area contributed by atoms with Gasteiger partial charge >= 0.3 is 0 Å². The summed E-state index contributed by atoms with van der Waals surface area (Å²) in [4.78, 5) is 16.1. The summed E-state index contributed by atoms with van der Waals surface area (Å²) in [6.07, 6.45) is 0.413. The number of carbonyl (C=O) groups excluding carboxylic acids is 1. The van der Waals surface area contributed by atoms with E-state index < -0.39 is 0 Å². The van der Waals surface area contributed by atoms with Gasteiger partial charge in [0, 0.05) is 32.1 Å². The maximum absolute atomic E-state index is 13.8. The van der Waals surface area contributed by atoms with Crippen LogP contribution in [0.15, 0.2) is 24.3 Å². The zero-order valence-electron chi connectivity index (χ0n) is 12.2. The summed E-state index contributed by atoms with van der Waals surface area (Å²) >= 11 is 0. The summed E-state index contributed by atoms with van der Waals surface area (Å²) in [6.45, 7) is 4.35. The first kappa shape index (κ1) is 14.3. The number of rotatable bonds is 3. The molecule has 2 aliphatic rings. The van der Waals surface area contributed by atoms with Gasteiger partial charge in [-0.1, -0.05) is 12.1 Å². The van der Waals surface area contributed by atoms with Crippen molar-refractivity contribution in [2.75, 3.05) is 31.1 Å². The Morgan fingerprint density at radius 3 is 2.71 bits per heavy atom. The minimum absolute atomic E-state index is 0.0560. The van der Waals surface area contributed by atoms with Gasteiger partial charge in [0.1, 0.15) is 5.82 Å². The number of hydrogen-bond acceptors (Lipinski definition) is 3. The van der Waals surface area contributed by atoms with Gasteiger partial charge < -0.3 is 14.9 Å². The van der Waals surface area contributed by atoms with Crippen LogP contribution in [-0.4, -0.2) is 48.2 Å². The van der Waals surface area contributed by atoms with Crippen molar-refractivity contribution in [2.45, 2.75) is 19.4 Å². The highest BCUT2D eigenvalue weighted by Crippen LogP contribution is 2.29. The molecule has 2 aliphatic heterocycles. The van der Waals surface area contributed by atoms with Crippen molar-refractivity contribution in [1.82, 2.24) is 4.90 Å². The summed E-state index contributed by atoms with van der Waals surface area (Å²) in [7, 11) is 0. The van der Waals surface area contributed by atoms with Crippen LogP contribution in [0.2, 0.25) is 0 Å². The number of nitrogens with zero attached hydrogens (tertiary/aromatic N) is 2. The SMILES string of the molecule is C[C@H](O)C1CN(C(=O)C2CCN(c3ccccc3F)C2)C1. The van der Waals surface area contributed by atoms with Gasteiger partial charge in [-0.15, -0.1) is 0 Å². The Bertz CT molecular complexity index is 529. The molecular weight excluding hydrogens is 271 g/mol. The first-order valence-corrected chi connectivity index (χ1v) is 7.52. The third-order valence-electron chi connectivity index (χ3n) is 4.63. The lowest BCUT2D eigenvalue weighted by Gasteiger charge is -2.42. The summed E-state index contributed by atoms with van der Waals surface area (Å²) in [5.74, 6) is 0.0621. The first-order valence-electron chi connectivity index (χ1n) is 7.52.